The molecule has 2 N–H and O–H groups in total. The number of ether oxygens (including phenoxy) is 1. The summed E-state index contributed by atoms with van der Waals surface area (Å²) in [5.74, 6) is -0.959. The lowest BCUT2D eigenvalue weighted by Gasteiger charge is -2.20. The summed E-state index contributed by atoms with van der Waals surface area (Å²) in [4.78, 5) is 34.5. The number of aromatic nitrogens is 5. The molecule has 0 radical (unpaired) electrons. The third-order valence-electron chi connectivity index (χ3n) is 7.17. The first-order valence-electron chi connectivity index (χ1n) is 13.2. The molecular formula is C29H26F2N8O3. The van der Waals surface area contributed by atoms with E-state index in [4.69, 9.17) is 4.74 Å². The molecule has 2 aromatic carbocycles. The maximum atomic E-state index is 15.2. The van der Waals surface area contributed by atoms with E-state index in [0.29, 0.717) is 28.6 Å². The van der Waals surface area contributed by atoms with Crippen molar-refractivity contribution in [2.24, 2.45) is 0 Å². The Hall–Kier alpha value is -5.17. The number of amides is 1. The smallest absolute Gasteiger partial charge is 0.284 e. The number of carbonyl (C=O) groups excluding carboxylic acids is 1. The van der Waals surface area contributed by atoms with Crippen molar-refractivity contribution in [1.29, 1.82) is 0 Å². The number of rotatable bonds is 7. The van der Waals surface area contributed by atoms with Gasteiger partial charge >= 0.3 is 0 Å². The summed E-state index contributed by atoms with van der Waals surface area (Å²) in [6.45, 7) is 1.60. The van der Waals surface area contributed by atoms with E-state index in [0.717, 1.165) is 30.3 Å². The van der Waals surface area contributed by atoms with Crippen LogP contribution in [0.4, 0.5) is 20.3 Å². The van der Waals surface area contributed by atoms with Crippen LogP contribution >= 0.6 is 0 Å². The van der Waals surface area contributed by atoms with Crippen LogP contribution in [0.5, 0.6) is 11.5 Å². The number of hydrogen-bond acceptors (Lipinski definition) is 8. The number of fused-ring (bicyclic) bond motifs is 1. The average molecular weight is 573 g/mol. The summed E-state index contributed by atoms with van der Waals surface area (Å²) in [5.41, 5.74) is -0.0136. The van der Waals surface area contributed by atoms with Crippen molar-refractivity contribution in [1.82, 2.24) is 29.9 Å². The van der Waals surface area contributed by atoms with Crippen LogP contribution in [-0.4, -0.2) is 69.0 Å². The van der Waals surface area contributed by atoms with Gasteiger partial charge in [-0.2, -0.15) is 14.9 Å². The Balaban J connectivity index is 1.22. The van der Waals surface area contributed by atoms with Crippen LogP contribution < -0.4 is 20.5 Å². The zero-order chi connectivity index (χ0) is 29.4. The lowest BCUT2D eigenvalue weighted by molar-refractivity contribution is 0.102. The quantitative estimate of drug-likeness (QED) is 0.301. The Morgan fingerprint density at radius 2 is 1.88 bits per heavy atom. The van der Waals surface area contributed by atoms with E-state index >= 15 is 4.39 Å². The van der Waals surface area contributed by atoms with Crippen LogP contribution in [0, 0.1) is 11.6 Å². The summed E-state index contributed by atoms with van der Waals surface area (Å²) >= 11 is 0. The SMILES string of the molecule is CN(C)C1CCN(c2n[nH]c3nccc(Oc4ccc(NC(=O)c5ccnn(-c6ccc(F)cc6)c5=O)cc4F)c23)C1. The number of likely N-dealkylation sites (N-methyl/N-ethyl adjacent to an activating group) is 1. The van der Waals surface area contributed by atoms with Crippen molar-refractivity contribution in [3.05, 3.63) is 94.5 Å². The predicted molar refractivity (Wildman–Crippen MR) is 152 cm³/mol. The maximum Gasteiger partial charge on any atom is 0.284 e. The van der Waals surface area contributed by atoms with Gasteiger partial charge in [0.2, 0.25) is 0 Å². The second-order valence-electron chi connectivity index (χ2n) is 10.1. The highest BCUT2D eigenvalue weighted by Crippen LogP contribution is 2.37. The fourth-order valence-electron chi connectivity index (χ4n) is 4.91. The summed E-state index contributed by atoms with van der Waals surface area (Å²) in [6, 6.07) is 12.3. The molecule has 1 aliphatic heterocycles. The minimum Gasteiger partial charge on any atom is -0.453 e. The number of aromatic amines is 1. The molecule has 3 aromatic heterocycles. The second-order valence-corrected chi connectivity index (χ2v) is 10.1. The highest BCUT2D eigenvalue weighted by Gasteiger charge is 2.28. The number of halogens is 2. The normalized spacial score (nSPS) is 15.0. The molecule has 1 unspecified atom stereocenters. The molecule has 1 aliphatic rings. The van der Waals surface area contributed by atoms with Crippen molar-refractivity contribution in [2.75, 3.05) is 37.4 Å². The van der Waals surface area contributed by atoms with E-state index in [1.807, 2.05) is 14.1 Å². The number of H-pyrrole nitrogens is 1. The Kier molecular flexibility index (Phi) is 7.08. The van der Waals surface area contributed by atoms with Gasteiger partial charge in [0.05, 0.1) is 5.69 Å². The molecular weight excluding hydrogens is 546 g/mol. The molecule has 1 saturated heterocycles. The van der Waals surface area contributed by atoms with E-state index in [2.05, 4.69) is 35.4 Å². The molecule has 1 atom stereocenters. The average Bonchev–Trinajstić information content (AvgIpc) is 3.63. The van der Waals surface area contributed by atoms with Crippen LogP contribution in [0.25, 0.3) is 16.7 Å². The Morgan fingerprint density at radius 3 is 2.62 bits per heavy atom. The number of hydrogen-bond donors (Lipinski definition) is 2. The molecule has 0 aliphatic carbocycles. The number of carbonyl (C=O) groups is 1. The minimum atomic E-state index is -0.758. The van der Waals surface area contributed by atoms with Crippen LogP contribution in [0.3, 0.4) is 0 Å². The fourth-order valence-corrected chi connectivity index (χ4v) is 4.91. The van der Waals surface area contributed by atoms with E-state index in [9.17, 15) is 14.0 Å². The minimum absolute atomic E-state index is 0.0668. The first-order valence-corrected chi connectivity index (χ1v) is 13.2. The fraction of sp³-hybridized carbons (Fsp3) is 0.207. The van der Waals surface area contributed by atoms with Crippen molar-refractivity contribution in [2.45, 2.75) is 12.5 Å². The summed E-state index contributed by atoms with van der Waals surface area (Å²) in [5, 5.41) is 14.5. The Bertz CT molecular complexity index is 1840. The van der Waals surface area contributed by atoms with Crippen molar-refractivity contribution in [3.8, 4) is 17.2 Å². The van der Waals surface area contributed by atoms with Gasteiger partial charge in [0.1, 0.15) is 22.5 Å². The molecule has 42 heavy (non-hydrogen) atoms. The van der Waals surface area contributed by atoms with E-state index in [1.54, 1.807) is 12.3 Å². The van der Waals surface area contributed by atoms with Crippen molar-refractivity contribution >= 4 is 28.4 Å². The Labute approximate surface area is 238 Å². The zero-order valence-electron chi connectivity index (χ0n) is 22.7. The number of anilines is 2. The van der Waals surface area contributed by atoms with E-state index < -0.39 is 23.1 Å². The topological polar surface area (TPSA) is 121 Å². The molecule has 0 saturated carbocycles. The van der Waals surface area contributed by atoms with Crippen LogP contribution in [0.15, 0.2) is 71.8 Å². The number of pyridine rings is 1. The molecule has 6 rings (SSSR count). The maximum absolute atomic E-state index is 15.2. The Morgan fingerprint density at radius 1 is 1.07 bits per heavy atom. The molecule has 1 fully saturated rings. The first kappa shape index (κ1) is 27.0. The summed E-state index contributed by atoms with van der Waals surface area (Å²) in [7, 11) is 4.09. The number of nitrogens with zero attached hydrogens (tertiary/aromatic N) is 6. The van der Waals surface area contributed by atoms with Gasteiger partial charge in [-0.3, -0.25) is 14.7 Å². The van der Waals surface area contributed by atoms with Gasteiger partial charge in [-0.15, -0.1) is 0 Å². The summed E-state index contributed by atoms with van der Waals surface area (Å²) < 4.78 is 35.5. The van der Waals surface area contributed by atoms with Crippen LogP contribution in [0.1, 0.15) is 16.8 Å². The van der Waals surface area contributed by atoms with Gasteiger partial charge < -0.3 is 19.9 Å². The largest absolute Gasteiger partial charge is 0.453 e. The van der Waals surface area contributed by atoms with Gasteiger partial charge in [0.15, 0.2) is 23.0 Å². The number of nitrogens with one attached hydrogen (secondary N) is 2. The lowest BCUT2D eigenvalue weighted by Crippen LogP contribution is -2.31. The predicted octanol–water partition coefficient (Wildman–Crippen LogP) is 3.97. The van der Waals surface area contributed by atoms with Crippen molar-refractivity contribution < 1.29 is 18.3 Å². The van der Waals surface area contributed by atoms with Crippen LogP contribution in [0.2, 0.25) is 0 Å². The molecule has 1 amide bonds. The monoisotopic (exact) mass is 572 g/mol. The molecule has 13 heteroatoms. The zero-order valence-corrected chi connectivity index (χ0v) is 22.7. The highest BCUT2D eigenvalue weighted by molar-refractivity contribution is 6.04. The van der Waals surface area contributed by atoms with Gasteiger partial charge in [0.25, 0.3) is 11.5 Å². The molecule has 4 heterocycles. The third kappa shape index (κ3) is 5.17. The molecule has 214 valence electrons. The van der Waals surface area contributed by atoms with Gasteiger partial charge in [-0.25, -0.2) is 13.8 Å². The molecule has 11 nitrogen and oxygen atoms in total. The standard InChI is InChI=1S/C29H26F2N8O3/c1-37(2)20-11-14-38(16-20)27-25-24(10-12-32-26(25)35-36-27)42-23-8-5-18(15-22(23)31)34-28(40)21-9-13-33-39(29(21)41)19-6-3-17(30)4-7-19/h3-10,12-13,15,20H,11,14,16H2,1-2H3,(H,34,40)(H,32,35,36). The number of benzene rings is 2. The van der Waals surface area contributed by atoms with E-state index in [1.165, 1.54) is 48.7 Å². The molecule has 0 bridgehead atoms. The van der Waals surface area contributed by atoms with Crippen molar-refractivity contribution in [3.63, 3.8) is 0 Å². The third-order valence-corrected chi connectivity index (χ3v) is 7.17. The first-order chi connectivity index (χ1) is 20.3. The van der Waals surface area contributed by atoms with Gasteiger partial charge in [-0.1, -0.05) is 0 Å². The van der Waals surface area contributed by atoms with Gasteiger partial charge in [0, 0.05) is 49.3 Å². The molecule has 5 aromatic rings. The van der Waals surface area contributed by atoms with Gasteiger partial charge in [-0.05, 0) is 63.0 Å². The lowest BCUT2D eigenvalue weighted by atomic mass is 10.2. The summed E-state index contributed by atoms with van der Waals surface area (Å²) in [6.07, 6.45) is 3.81. The highest BCUT2D eigenvalue weighted by atomic mass is 19.1. The molecule has 0 spiro atoms. The second kappa shape index (κ2) is 11.0. The van der Waals surface area contributed by atoms with Crippen LogP contribution in [-0.2, 0) is 0 Å². The van der Waals surface area contributed by atoms with E-state index in [-0.39, 0.29) is 22.7 Å².